The van der Waals surface area contributed by atoms with Gasteiger partial charge in [0.1, 0.15) is 0 Å². The lowest BCUT2D eigenvalue weighted by Gasteiger charge is -2.15. The quantitative estimate of drug-likeness (QED) is 0.674. The highest BCUT2D eigenvalue weighted by Gasteiger charge is 2.19. The van der Waals surface area contributed by atoms with Gasteiger partial charge in [0.2, 0.25) is 11.8 Å². The highest BCUT2D eigenvalue weighted by molar-refractivity contribution is 6.36. The molecule has 1 aliphatic heterocycles. The van der Waals surface area contributed by atoms with Crippen LogP contribution in [0, 0.1) is 0 Å². The fourth-order valence-corrected chi connectivity index (χ4v) is 3.49. The molecular weight excluding hydrogens is 389 g/mol. The highest BCUT2D eigenvalue weighted by atomic mass is 35.5. The topological polar surface area (TPSA) is 75.4 Å². The van der Waals surface area contributed by atoms with Gasteiger partial charge in [0.25, 0.3) is 0 Å². The lowest BCUT2D eigenvalue weighted by Crippen LogP contribution is -2.30. The van der Waals surface area contributed by atoms with E-state index in [9.17, 15) is 9.59 Å². The van der Waals surface area contributed by atoms with Gasteiger partial charge in [0.15, 0.2) is 11.7 Å². The third kappa shape index (κ3) is 5.47. The van der Waals surface area contributed by atoms with Crippen LogP contribution in [0.4, 0.5) is 0 Å². The van der Waals surface area contributed by atoms with Gasteiger partial charge in [0, 0.05) is 49.5 Å². The Balaban J connectivity index is 1.40. The molecule has 0 spiro atoms. The van der Waals surface area contributed by atoms with Crippen LogP contribution in [-0.4, -0.2) is 41.3 Å². The molecule has 1 aliphatic rings. The molecule has 8 heteroatoms. The number of amides is 2. The van der Waals surface area contributed by atoms with Crippen molar-refractivity contribution in [2.75, 3.05) is 19.6 Å². The number of rotatable bonds is 8. The maximum atomic E-state index is 11.9. The van der Waals surface area contributed by atoms with Crippen molar-refractivity contribution in [2.24, 2.45) is 0 Å². The van der Waals surface area contributed by atoms with Gasteiger partial charge in [-0.3, -0.25) is 9.59 Å². The number of carbonyl (C=O) groups excluding carboxylic acids is 2. The molecule has 1 saturated heterocycles. The minimum Gasteiger partial charge on any atom is -0.441 e. The number of nitrogens with one attached hydrogen (secondary N) is 1. The van der Waals surface area contributed by atoms with Crippen molar-refractivity contribution in [1.29, 1.82) is 0 Å². The van der Waals surface area contributed by atoms with Crippen molar-refractivity contribution in [3.63, 3.8) is 0 Å². The van der Waals surface area contributed by atoms with Gasteiger partial charge in [-0.25, -0.2) is 4.98 Å². The van der Waals surface area contributed by atoms with Crippen molar-refractivity contribution < 1.29 is 14.0 Å². The van der Waals surface area contributed by atoms with Gasteiger partial charge >= 0.3 is 0 Å². The molecule has 0 unspecified atom stereocenters. The normalized spacial score (nSPS) is 14.0. The van der Waals surface area contributed by atoms with E-state index in [1.54, 1.807) is 24.4 Å². The number of aryl methyl sites for hydroxylation is 1. The number of carbonyl (C=O) groups is 2. The number of nitrogens with zero attached hydrogens (tertiary/aromatic N) is 2. The van der Waals surface area contributed by atoms with E-state index >= 15 is 0 Å². The molecule has 1 N–H and O–H groups in total. The second kappa shape index (κ2) is 9.24. The van der Waals surface area contributed by atoms with Gasteiger partial charge < -0.3 is 14.6 Å². The standard InChI is InChI=1S/C19H21Cl2N3O3/c20-13-4-5-14(15(21)11-13)16-12-23-18(27-16)7-6-17(25)22-8-2-10-24-9-1-3-19(24)26/h4-5,11-12H,1-3,6-10H2,(H,22,25). The molecule has 3 rings (SSSR count). The predicted octanol–water partition coefficient (Wildman–Crippen LogP) is 3.71. The molecule has 0 bridgehead atoms. The second-order valence-electron chi connectivity index (χ2n) is 6.43. The third-order valence-corrected chi connectivity index (χ3v) is 4.96. The molecule has 2 heterocycles. The Kier molecular flexibility index (Phi) is 6.74. The fourth-order valence-electron chi connectivity index (χ4n) is 2.99. The van der Waals surface area contributed by atoms with Gasteiger partial charge in [-0.15, -0.1) is 0 Å². The summed E-state index contributed by atoms with van der Waals surface area (Å²) in [5.41, 5.74) is 0.709. The summed E-state index contributed by atoms with van der Waals surface area (Å²) in [4.78, 5) is 29.5. The Labute approximate surface area is 167 Å². The molecule has 2 aromatic rings. The smallest absolute Gasteiger partial charge is 0.222 e. The molecule has 27 heavy (non-hydrogen) atoms. The number of hydrogen-bond acceptors (Lipinski definition) is 4. The number of oxazole rings is 1. The van der Waals surface area contributed by atoms with E-state index in [2.05, 4.69) is 10.3 Å². The minimum absolute atomic E-state index is 0.0629. The first-order valence-electron chi connectivity index (χ1n) is 8.97. The Bertz CT molecular complexity index is 822. The van der Waals surface area contributed by atoms with Gasteiger partial charge in [-0.1, -0.05) is 23.2 Å². The molecule has 0 saturated carbocycles. The lowest BCUT2D eigenvalue weighted by molar-refractivity contribution is -0.127. The van der Waals surface area contributed by atoms with E-state index in [0.717, 1.165) is 19.4 Å². The van der Waals surface area contributed by atoms with Crippen molar-refractivity contribution >= 4 is 35.0 Å². The molecule has 1 aromatic carbocycles. The monoisotopic (exact) mass is 409 g/mol. The molecule has 6 nitrogen and oxygen atoms in total. The SMILES string of the molecule is O=C(CCc1ncc(-c2ccc(Cl)cc2Cl)o1)NCCCN1CCCC1=O. The molecule has 0 radical (unpaired) electrons. The van der Waals surface area contributed by atoms with E-state index in [0.29, 0.717) is 53.2 Å². The first-order chi connectivity index (χ1) is 13.0. The van der Waals surface area contributed by atoms with Crippen molar-refractivity contribution in [3.8, 4) is 11.3 Å². The van der Waals surface area contributed by atoms with Crippen LogP contribution in [0.2, 0.25) is 10.0 Å². The summed E-state index contributed by atoms with van der Waals surface area (Å²) in [5.74, 6) is 1.17. The summed E-state index contributed by atoms with van der Waals surface area (Å²) in [5, 5.41) is 3.90. The van der Waals surface area contributed by atoms with Gasteiger partial charge in [0.05, 0.1) is 11.2 Å². The summed E-state index contributed by atoms with van der Waals surface area (Å²) in [6, 6.07) is 5.14. The zero-order valence-corrected chi connectivity index (χ0v) is 16.4. The van der Waals surface area contributed by atoms with E-state index < -0.39 is 0 Å². The lowest BCUT2D eigenvalue weighted by atomic mass is 10.2. The molecule has 0 aliphatic carbocycles. The average molecular weight is 410 g/mol. The van der Waals surface area contributed by atoms with Crippen LogP contribution in [0.3, 0.4) is 0 Å². The summed E-state index contributed by atoms with van der Waals surface area (Å²) in [7, 11) is 0. The van der Waals surface area contributed by atoms with Crippen LogP contribution < -0.4 is 5.32 Å². The van der Waals surface area contributed by atoms with E-state index in [4.69, 9.17) is 27.6 Å². The molecule has 1 aromatic heterocycles. The first kappa shape index (κ1) is 19.7. The number of hydrogen-bond donors (Lipinski definition) is 1. The van der Waals surface area contributed by atoms with Crippen LogP contribution in [0.5, 0.6) is 0 Å². The van der Waals surface area contributed by atoms with Crippen LogP contribution in [0.25, 0.3) is 11.3 Å². The summed E-state index contributed by atoms with van der Waals surface area (Å²) < 4.78 is 5.68. The predicted molar refractivity (Wildman–Crippen MR) is 104 cm³/mol. The fraction of sp³-hybridized carbons (Fsp3) is 0.421. The highest BCUT2D eigenvalue weighted by Crippen LogP contribution is 2.30. The largest absolute Gasteiger partial charge is 0.441 e. The van der Waals surface area contributed by atoms with Crippen molar-refractivity contribution in [1.82, 2.24) is 15.2 Å². The molecule has 144 valence electrons. The summed E-state index contributed by atoms with van der Waals surface area (Å²) in [6.45, 7) is 2.08. The van der Waals surface area contributed by atoms with Crippen LogP contribution >= 0.6 is 23.2 Å². The summed E-state index contributed by atoms with van der Waals surface area (Å²) >= 11 is 12.1. The van der Waals surface area contributed by atoms with Crippen LogP contribution in [0.1, 0.15) is 31.6 Å². The first-order valence-corrected chi connectivity index (χ1v) is 9.73. The van der Waals surface area contributed by atoms with E-state index in [1.807, 2.05) is 4.90 Å². The van der Waals surface area contributed by atoms with Crippen LogP contribution in [0.15, 0.2) is 28.8 Å². The molecule has 0 atom stereocenters. The van der Waals surface area contributed by atoms with Crippen molar-refractivity contribution in [3.05, 3.63) is 40.3 Å². The molecular formula is C19H21Cl2N3O3. The number of likely N-dealkylation sites (tertiary alicyclic amines) is 1. The number of benzene rings is 1. The Morgan fingerprint density at radius 3 is 2.93 bits per heavy atom. The minimum atomic E-state index is -0.0629. The second-order valence-corrected chi connectivity index (χ2v) is 7.27. The maximum absolute atomic E-state index is 11.9. The third-order valence-electron chi connectivity index (χ3n) is 4.41. The van der Waals surface area contributed by atoms with Crippen molar-refractivity contribution in [2.45, 2.75) is 32.1 Å². The van der Waals surface area contributed by atoms with E-state index in [-0.39, 0.29) is 18.2 Å². The zero-order valence-electron chi connectivity index (χ0n) is 14.8. The van der Waals surface area contributed by atoms with Crippen LogP contribution in [-0.2, 0) is 16.0 Å². The van der Waals surface area contributed by atoms with Gasteiger partial charge in [-0.05, 0) is 31.0 Å². The molecule has 1 fully saturated rings. The Morgan fingerprint density at radius 2 is 2.19 bits per heavy atom. The Hall–Kier alpha value is -2.05. The Morgan fingerprint density at radius 1 is 1.33 bits per heavy atom. The average Bonchev–Trinajstić information content (AvgIpc) is 3.26. The molecule has 2 amide bonds. The number of halogens is 2. The van der Waals surface area contributed by atoms with E-state index in [1.165, 1.54) is 0 Å². The summed E-state index contributed by atoms with van der Waals surface area (Å²) in [6.07, 6.45) is 4.62. The number of aromatic nitrogens is 1. The van der Waals surface area contributed by atoms with Gasteiger partial charge in [-0.2, -0.15) is 0 Å². The zero-order chi connectivity index (χ0) is 19.2. The maximum Gasteiger partial charge on any atom is 0.222 e.